The molecule has 0 spiro atoms. The van der Waals surface area contributed by atoms with Gasteiger partial charge in [-0.05, 0) is 60.2 Å². The second kappa shape index (κ2) is 11.0. The molecule has 0 bridgehead atoms. The van der Waals surface area contributed by atoms with Crippen molar-refractivity contribution in [3.63, 3.8) is 0 Å². The molecule has 5 nitrogen and oxygen atoms in total. The van der Waals surface area contributed by atoms with Crippen LogP contribution in [0.5, 0.6) is 0 Å². The third-order valence-electron chi connectivity index (χ3n) is 7.01. The molecule has 6 heteroatoms. The van der Waals surface area contributed by atoms with E-state index in [0.717, 1.165) is 48.3 Å². The highest BCUT2D eigenvalue weighted by Gasteiger charge is 2.44. The van der Waals surface area contributed by atoms with E-state index in [1.807, 2.05) is 40.6 Å². The minimum atomic E-state index is -0.402. The smallest absolute Gasteiger partial charge is 0.254 e. The van der Waals surface area contributed by atoms with E-state index in [1.54, 1.807) is 11.3 Å². The Labute approximate surface area is 208 Å². The van der Waals surface area contributed by atoms with Crippen molar-refractivity contribution in [3.05, 3.63) is 57.8 Å². The molecule has 2 aliphatic heterocycles. The van der Waals surface area contributed by atoms with E-state index in [4.69, 9.17) is 0 Å². The van der Waals surface area contributed by atoms with Crippen LogP contribution in [0.2, 0.25) is 0 Å². The number of piperidine rings is 1. The van der Waals surface area contributed by atoms with Gasteiger partial charge in [-0.15, -0.1) is 11.3 Å². The Kier molecular flexibility index (Phi) is 8.10. The number of carbonyl (C=O) groups is 2. The lowest BCUT2D eigenvalue weighted by molar-refractivity contribution is -0.124. The fourth-order valence-electron chi connectivity index (χ4n) is 5.84. The summed E-state index contributed by atoms with van der Waals surface area (Å²) in [7, 11) is 0. The minimum absolute atomic E-state index is 0.0208. The number of hydrogen-bond acceptors (Lipinski definition) is 4. The summed E-state index contributed by atoms with van der Waals surface area (Å²) >= 11 is 1.63. The van der Waals surface area contributed by atoms with E-state index in [9.17, 15) is 9.59 Å². The highest BCUT2D eigenvalue weighted by atomic mass is 32.1. The van der Waals surface area contributed by atoms with Crippen LogP contribution in [-0.4, -0.2) is 54.3 Å². The number of benzene rings is 1. The number of amides is 2. The zero-order valence-corrected chi connectivity index (χ0v) is 21.8. The average Bonchev–Trinajstić information content (AvgIpc) is 3.32. The molecule has 3 heterocycles. The lowest BCUT2D eigenvalue weighted by atomic mass is 9.81. The van der Waals surface area contributed by atoms with Crippen LogP contribution in [0.25, 0.3) is 0 Å². The molecule has 0 radical (unpaired) electrons. The first-order chi connectivity index (χ1) is 16.3. The van der Waals surface area contributed by atoms with Crippen molar-refractivity contribution >= 4 is 23.2 Å². The highest BCUT2D eigenvalue weighted by Crippen LogP contribution is 2.44. The Balaban J connectivity index is 1.52. The van der Waals surface area contributed by atoms with Crippen molar-refractivity contribution in [2.24, 2.45) is 17.8 Å². The van der Waals surface area contributed by atoms with Crippen LogP contribution in [0.15, 0.2) is 41.8 Å². The second-order valence-corrected chi connectivity index (χ2v) is 11.7. The van der Waals surface area contributed by atoms with Crippen molar-refractivity contribution in [2.45, 2.75) is 52.5 Å². The van der Waals surface area contributed by atoms with Gasteiger partial charge in [-0.2, -0.15) is 0 Å². The van der Waals surface area contributed by atoms with E-state index >= 15 is 0 Å². The lowest BCUT2D eigenvalue weighted by Crippen LogP contribution is -2.48. The van der Waals surface area contributed by atoms with Crippen LogP contribution in [0, 0.1) is 17.8 Å². The fourth-order valence-corrected chi connectivity index (χ4v) is 6.72. The topological polar surface area (TPSA) is 52.7 Å². The Morgan fingerprint density at radius 1 is 1.12 bits per heavy atom. The van der Waals surface area contributed by atoms with Crippen molar-refractivity contribution in [1.29, 1.82) is 0 Å². The van der Waals surface area contributed by atoms with Crippen LogP contribution in [-0.2, 0) is 4.79 Å². The molecule has 34 heavy (non-hydrogen) atoms. The van der Waals surface area contributed by atoms with Crippen LogP contribution < -0.4 is 5.32 Å². The van der Waals surface area contributed by atoms with E-state index < -0.39 is 5.92 Å². The summed E-state index contributed by atoms with van der Waals surface area (Å²) in [6, 6.07) is 11.5. The molecule has 184 valence electrons. The SMILES string of the molecule is CC(C)CN1C(=O)c2ccccc2C(C(=O)NCCCN2CC(C)CC(C)C2)C1c1cccs1. The molecule has 1 aromatic heterocycles. The standard InChI is InChI=1S/C28H39N3O2S/c1-19(2)16-31-26(24-11-7-14-34-24)25(22-9-5-6-10-23(22)28(31)33)27(32)29-12-8-13-30-17-20(3)15-21(4)18-30/h5-7,9-11,14,19-21,25-26H,8,12-13,15-18H2,1-4H3,(H,29,32). The number of rotatable bonds is 8. The van der Waals surface area contributed by atoms with Crippen molar-refractivity contribution in [1.82, 2.24) is 15.1 Å². The summed E-state index contributed by atoms with van der Waals surface area (Å²) in [4.78, 5) is 32.7. The average molecular weight is 482 g/mol. The van der Waals surface area contributed by atoms with E-state index in [0.29, 0.717) is 24.6 Å². The summed E-state index contributed by atoms with van der Waals surface area (Å²) in [5.41, 5.74) is 1.51. The van der Waals surface area contributed by atoms with Gasteiger partial charge in [-0.25, -0.2) is 0 Å². The Bertz CT molecular complexity index is 964. The van der Waals surface area contributed by atoms with Crippen molar-refractivity contribution in [3.8, 4) is 0 Å². The summed E-state index contributed by atoms with van der Waals surface area (Å²) < 4.78 is 0. The van der Waals surface area contributed by atoms with E-state index in [-0.39, 0.29) is 17.9 Å². The minimum Gasteiger partial charge on any atom is -0.355 e. The van der Waals surface area contributed by atoms with Gasteiger partial charge in [0.1, 0.15) is 0 Å². The zero-order chi connectivity index (χ0) is 24.2. The third-order valence-corrected chi connectivity index (χ3v) is 7.96. The van der Waals surface area contributed by atoms with Gasteiger partial charge in [0.25, 0.3) is 5.91 Å². The van der Waals surface area contributed by atoms with Crippen molar-refractivity contribution < 1.29 is 9.59 Å². The van der Waals surface area contributed by atoms with Gasteiger partial charge in [-0.1, -0.05) is 52.0 Å². The van der Waals surface area contributed by atoms with Crippen molar-refractivity contribution in [2.75, 3.05) is 32.7 Å². The lowest BCUT2D eigenvalue weighted by Gasteiger charge is -2.42. The fraction of sp³-hybridized carbons (Fsp3) is 0.571. The van der Waals surface area contributed by atoms with Gasteiger partial charge < -0.3 is 15.1 Å². The monoisotopic (exact) mass is 481 g/mol. The molecule has 2 aromatic rings. The Morgan fingerprint density at radius 3 is 2.53 bits per heavy atom. The van der Waals surface area contributed by atoms with Gasteiger partial charge in [0.2, 0.25) is 5.91 Å². The molecule has 0 aliphatic carbocycles. The van der Waals surface area contributed by atoms with Crippen LogP contribution >= 0.6 is 11.3 Å². The number of nitrogens with one attached hydrogen (secondary N) is 1. The molecule has 0 saturated carbocycles. The maximum Gasteiger partial charge on any atom is 0.254 e. The summed E-state index contributed by atoms with van der Waals surface area (Å²) in [5.74, 6) is 1.45. The van der Waals surface area contributed by atoms with Crippen LogP contribution in [0.3, 0.4) is 0 Å². The summed E-state index contributed by atoms with van der Waals surface area (Å²) in [6.07, 6.45) is 2.25. The molecule has 4 rings (SSSR count). The van der Waals surface area contributed by atoms with Gasteiger partial charge in [-0.3, -0.25) is 9.59 Å². The normalized spacial score (nSPS) is 25.4. The predicted molar refractivity (Wildman–Crippen MR) is 139 cm³/mol. The first-order valence-corrected chi connectivity index (χ1v) is 13.7. The molecule has 1 fully saturated rings. The molecule has 4 unspecified atom stereocenters. The van der Waals surface area contributed by atoms with Crippen LogP contribution in [0.4, 0.5) is 0 Å². The number of thiophene rings is 1. The molecular weight excluding hydrogens is 442 g/mol. The molecular formula is C28H39N3O2S. The number of carbonyl (C=O) groups excluding carboxylic acids is 2. The van der Waals surface area contributed by atoms with Gasteiger partial charge in [0.15, 0.2) is 0 Å². The van der Waals surface area contributed by atoms with Gasteiger partial charge in [0, 0.05) is 36.6 Å². The third kappa shape index (κ3) is 5.55. The molecule has 2 aliphatic rings. The number of nitrogens with zero attached hydrogens (tertiary/aromatic N) is 2. The second-order valence-electron chi connectivity index (χ2n) is 10.7. The largest absolute Gasteiger partial charge is 0.355 e. The maximum absolute atomic E-state index is 13.7. The van der Waals surface area contributed by atoms with E-state index in [1.165, 1.54) is 6.42 Å². The Morgan fingerprint density at radius 2 is 1.85 bits per heavy atom. The predicted octanol–water partition coefficient (Wildman–Crippen LogP) is 5.17. The van der Waals surface area contributed by atoms with Gasteiger partial charge >= 0.3 is 0 Å². The molecule has 1 N–H and O–H groups in total. The summed E-state index contributed by atoms with van der Waals surface area (Å²) in [5, 5.41) is 5.27. The Hall–Kier alpha value is -2.18. The first-order valence-electron chi connectivity index (χ1n) is 12.8. The maximum atomic E-state index is 13.7. The van der Waals surface area contributed by atoms with E-state index in [2.05, 4.69) is 44.0 Å². The van der Waals surface area contributed by atoms with Crippen LogP contribution in [0.1, 0.15) is 73.3 Å². The molecule has 1 aromatic carbocycles. The van der Waals surface area contributed by atoms with Gasteiger partial charge in [0.05, 0.1) is 12.0 Å². The molecule has 1 saturated heterocycles. The number of hydrogen-bond donors (Lipinski definition) is 1. The number of fused-ring (bicyclic) bond motifs is 1. The summed E-state index contributed by atoms with van der Waals surface area (Å²) in [6.45, 7) is 13.5. The molecule has 4 atom stereocenters. The quantitative estimate of drug-likeness (QED) is 0.529. The number of likely N-dealkylation sites (tertiary alicyclic amines) is 1. The zero-order valence-electron chi connectivity index (χ0n) is 21.0. The highest BCUT2D eigenvalue weighted by molar-refractivity contribution is 7.10. The first kappa shape index (κ1) is 24.9. The molecule has 2 amide bonds.